The molecule has 0 saturated carbocycles. The molecule has 0 atom stereocenters. The number of hydrogen-bond acceptors (Lipinski definition) is 4. The molecule has 0 aromatic heterocycles. The molecule has 0 saturated heterocycles. The summed E-state index contributed by atoms with van der Waals surface area (Å²) in [7, 11) is 0. The van der Waals surface area contributed by atoms with E-state index in [1.807, 2.05) is 18.2 Å². The van der Waals surface area contributed by atoms with Crippen LogP contribution < -0.4 is 19.5 Å². The predicted molar refractivity (Wildman–Crippen MR) is 70.4 cm³/mol. The zero-order valence-corrected chi connectivity index (χ0v) is 11.3. The highest BCUT2D eigenvalue weighted by atomic mass is 16.7. The van der Waals surface area contributed by atoms with Gasteiger partial charge in [-0.25, -0.2) is 0 Å². The summed E-state index contributed by atoms with van der Waals surface area (Å²) >= 11 is 0. The molecule has 0 bridgehead atoms. The highest BCUT2D eigenvalue weighted by Gasteiger charge is 2.13. The third-order valence-electron chi connectivity index (χ3n) is 2.59. The van der Waals surface area contributed by atoms with E-state index in [0.29, 0.717) is 13.4 Å². The Hall–Kier alpha value is -1.42. The van der Waals surface area contributed by atoms with Gasteiger partial charge >= 0.3 is 0 Å². The molecule has 1 aliphatic heterocycles. The molecule has 0 spiro atoms. The summed E-state index contributed by atoms with van der Waals surface area (Å²) in [6.45, 7) is 8.42. The van der Waals surface area contributed by atoms with E-state index >= 15 is 0 Å². The van der Waals surface area contributed by atoms with Gasteiger partial charge in [0.1, 0.15) is 5.75 Å². The van der Waals surface area contributed by atoms with Gasteiger partial charge in [-0.15, -0.1) is 0 Å². The smallest absolute Gasteiger partial charge is 0.231 e. The van der Waals surface area contributed by atoms with Gasteiger partial charge in [0.15, 0.2) is 11.5 Å². The van der Waals surface area contributed by atoms with Crippen molar-refractivity contribution in [2.75, 3.05) is 19.9 Å². The summed E-state index contributed by atoms with van der Waals surface area (Å²) in [6, 6.07) is 5.66. The van der Waals surface area contributed by atoms with Crippen LogP contribution in [0.5, 0.6) is 17.2 Å². The maximum Gasteiger partial charge on any atom is 0.231 e. The Balaban J connectivity index is 1.71. The van der Waals surface area contributed by atoms with Crippen molar-refractivity contribution in [3.05, 3.63) is 18.2 Å². The monoisotopic (exact) mass is 251 g/mol. The van der Waals surface area contributed by atoms with Crippen LogP contribution in [0.3, 0.4) is 0 Å². The Morgan fingerprint density at radius 2 is 2.00 bits per heavy atom. The lowest BCUT2D eigenvalue weighted by Gasteiger charge is -2.20. The fourth-order valence-corrected chi connectivity index (χ4v) is 1.69. The summed E-state index contributed by atoms with van der Waals surface area (Å²) in [4.78, 5) is 0. The van der Waals surface area contributed by atoms with Gasteiger partial charge in [0, 0.05) is 11.6 Å². The third-order valence-corrected chi connectivity index (χ3v) is 2.59. The van der Waals surface area contributed by atoms with Gasteiger partial charge in [-0.1, -0.05) is 0 Å². The summed E-state index contributed by atoms with van der Waals surface area (Å²) in [5, 5.41) is 3.43. The van der Waals surface area contributed by atoms with Crippen LogP contribution in [-0.2, 0) is 0 Å². The minimum Gasteiger partial charge on any atom is -0.493 e. The molecular weight excluding hydrogens is 230 g/mol. The van der Waals surface area contributed by atoms with Crippen LogP contribution in [-0.4, -0.2) is 25.5 Å². The van der Waals surface area contributed by atoms with Crippen molar-refractivity contribution in [2.24, 2.45) is 0 Å². The molecule has 1 aromatic rings. The number of hydrogen-bond donors (Lipinski definition) is 1. The average Bonchev–Trinajstić information content (AvgIpc) is 2.74. The number of ether oxygens (including phenoxy) is 3. The molecule has 0 fully saturated rings. The lowest BCUT2D eigenvalue weighted by Crippen LogP contribution is -2.36. The summed E-state index contributed by atoms with van der Waals surface area (Å²) in [5.74, 6) is 2.38. The summed E-state index contributed by atoms with van der Waals surface area (Å²) in [6.07, 6.45) is 0.978. The average molecular weight is 251 g/mol. The first-order valence-electron chi connectivity index (χ1n) is 6.32. The standard InChI is InChI=1S/C14H21NO3/c1-14(2,3)15-7-4-8-16-11-5-6-12-13(9-11)18-10-17-12/h5-6,9,15H,4,7-8,10H2,1-3H3. The fourth-order valence-electron chi connectivity index (χ4n) is 1.69. The van der Waals surface area contributed by atoms with Crippen molar-refractivity contribution < 1.29 is 14.2 Å². The Morgan fingerprint density at radius 3 is 2.78 bits per heavy atom. The van der Waals surface area contributed by atoms with Crippen molar-refractivity contribution in [1.82, 2.24) is 5.32 Å². The number of fused-ring (bicyclic) bond motifs is 1. The predicted octanol–water partition coefficient (Wildman–Crippen LogP) is 2.57. The molecule has 4 heteroatoms. The van der Waals surface area contributed by atoms with Crippen LogP contribution >= 0.6 is 0 Å². The zero-order chi connectivity index (χ0) is 13.0. The van der Waals surface area contributed by atoms with Crippen LogP contribution in [0.1, 0.15) is 27.2 Å². The SMILES string of the molecule is CC(C)(C)NCCCOc1ccc2c(c1)OCO2. The Kier molecular flexibility index (Phi) is 3.97. The molecule has 100 valence electrons. The molecule has 4 nitrogen and oxygen atoms in total. The van der Waals surface area contributed by atoms with Crippen LogP contribution in [0.25, 0.3) is 0 Å². The maximum absolute atomic E-state index is 5.67. The van der Waals surface area contributed by atoms with Gasteiger partial charge in [0.05, 0.1) is 6.61 Å². The van der Waals surface area contributed by atoms with Crippen molar-refractivity contribution >= 4 is 0 Å². The van der Waals surface area contributed by atoms with Gasteiger partial charge < -0.3 is 19.5 Å². The summed E-state index contributed by atoms with van der Waals surface area (Å²) < 4.78 is 16.2. The van der Waals surface area contributed by atoms with E-state index in [2.05, 4.69) is 26.1 Å². The number of benzene rings is 1. The van der Waals surface area contributed by atoms with Gasteiger partial charge in [0.2, 0.25) is 6.79 Å². The molecule has 0 radical (unpaired) electrons. The van der Waals surface area contributed by atoms with Gasteiger partial charge in [-0.2, -0.15) is 0 Å². The quantitative estimate of drug-likeness (QED) is 0.816. The second-order valence-corrected chi connectivity index (χ2v) is 5.39. The second-order valence-electron chi connectivity index (χ2n) is 5.39. The Bertz CT molecular complexity index is 399. The van der Waals surface area contributed by atoms with Crippen LogP contribution in [0.4, 0.5) is 0 Å². The van der Waals surface area contributed by atoms with Gasteiger partial charge in [-0.05, 0) is 45.9 Å². The largest absolute Gasteiger partial charge is 0.493 e. The minimum atomic E-state index is 0.165. The van der Waals surface area contributed by atoms with E-state index in [9.17, 15) is 0 Å². The number of rotatable bonds is 5. The lowest BCUT2D eigenvalue weighted by molar-refractivity contribution is 0.173. The van der Waals surface area contributed by atoms with Crippen molar-refractivity contribution in [3.63, 3.8) is 0 Å². The van der Waals surface area contributed by atoms with E-state index in [1.54, 1.807) is 0 Å². The highest BCUT2D eigenvalue weighted by Crippen LogP contribution is 2.35. The first-order chi connectivity index (χ1) is 8.54. The zero-order valence-electron chi connectivity index (χ0n) is 11.3. The van der Waals surface area contributed by atoms with E-state index < -0.39 is 0 Å². The van der Waals surface area contributed by atoms with Crippen LogP contribution in [0.15, 0.2) is 18.2 Å². The molecule has 0 unspecified atom stereocenters. The fraction of sp³-hybridized carbons (Fsp3) is 0.571. The topological polar surface area (TPSA) is 39.7 Å². The molecule has 1 heterocycles. The molecule has 18 heavy (non-hydrogen) atoms. The van der Waals surface area contributed by atoms with E-state index in [1.165, 1.54) is 0 Å². The normalized spacial score (nSPS) is 13.7. The Morgan fingerprint density at radius 1 is 1.22 bits per heavy atom. The molecule has 0 aliphatic carbocycles. The van der Waals surface area contributed by atoms with Gasteiger partial charge in [0.25, 0.3) is 0 Å². The maximum atomic E-state index is 5.67. The molecule has 0 amide bonds. The second kappa shape index (κ2) is 5.48. The first kappa shape index (κ1) is 13.0. The Labute approximate surface area is 108 Å². The van der Waals surface area contributed by atoms with Crippen molar-refractivity contribution in [2.45, 2.75) is 32.7 Å². The van der Waals surface area contributed by atoms with Crippen LogP contribution in [0, 0.1) is 0 Å². The van der Waals surface area contributed by atoms with Crippen molar-refractivity contribution in [1.29, 1.82) is 0 Å². The molecule has 1 N–H and O–H groups in total. The lowest BCUT2D eigenvalue weighted by atomic mass is 10.1. The van der Waals surface area contributed by atoms with E-state index in [4.69, 9.17) is 14.2 Å². The van der Waals surface area contributed by atoms with E-state index in [0.717, 1.165) is 30.2 Å². The molecule has 1 aromatic carbocycles. The molecule has 2 rings (SSSR count). The van der Waals surface area contributed by atoms with E-state index in [-0.39, 0.29) is 5.54 Å². The highest BCUT2D eigenvalue weighted by molar-refractivity contribution is 5.46. The first-order valence-corrected chi connectivity index (χ1v) is 6.32. The third kappa shape index (κ3) is 3.81. The van der Waals surface area contributed by atoms with Gasteiger partial charge in [-0.3, -0.25) is 0 Å². The summed E-state index contributed by atoms with van der Waals surface area (Å²) in [5.41, 5.74) is 0.165. The number of nitrogens with one attached hydrogen (secondary N) is 1. The minimum absolute atomic E-state index is 0.165. The van der Waals surface area contributed by atoms with Crippen molar-refractivity contribution in [3.8, 4) is 17.2 Å². The molecular formula is C14H21NO3. The van der Waals surface area contributed by atoms with Crippen LogP contribution in [0.2, 0.25) is 0 Å². The molecule has 1 aliphatic rings.